The Kier molecular flexibility index (Phi) is 5.34. The maximum absolute atomic E-state index is 15.5. The summed E-state index contributed by atoms with van der Waals surface area (Å²) >= 11 is 0. The highest BCUT2D eigenvalue weighted by atomic mass is 32.2. The van der Waals surface area contributed by atoms with E-state index in [1.807, 2.05) is 0 Å². The summed E-state index contributed by atoms with van der Waals surface area (Å²) in [5.74, 6) is -0.855. The van der Waals surface area contributed by atoms with Crippen LogP contribution in [0.3, 0.4) is 0 Å². The molecule has 2 aromatic carbocycles. The predicted octanol–water partition coefficient (Wildman–Crippen LogP) is 3.47. The van der Waals surface area contributed by atoms with Crippen molar-refractivity contribution in [1.29, 1.82) is 0 Å². The van der Waals surface area contributed by atoms with Crippen molar-refractivity contribution in [2.75, 3.05) is 13.1 Å². The maximum Gasteiger partial charge on any atom is 0.269 e. The Balaban J connectivity index is 1.91. The molecule has 12 heteroatoms. The average molecular weight is 505 g/mol. The number of sulfonamides is 1. The summed E-state index contributed by atoms with van der Waals surface area (Å²) in [6, 6.07) is 8.25. The van der Waals surface area contributed by atoms with Crippen LogP contribution in [0, 0.1) is 19.7 Å². The van der Waals surface area contributed by atoms with E-state index in [4.69, 9.17) is 4.42 Å². The summed E-state index contributed by atoms with van der Waals surface area (Å²) in [5, 5.41) is 7.05. The number of fused-ring (bicyclic) bond motifs is 1. The minimum Gasteiger partial charge on any atom is -0.423 e. The van der Waals surface area contributed by atoms with Crippen LogP contribution in [-0.2, 0) is 20.0 Å². The minimum atomic E-state index is -4.50. The van der Waals surface area contributed by atoms with E-state index in [0.717, 1.165) is 18.0 Å². The highest BCUT2D eigenvalue weighted by Crippen LogP contribution is 2.39. The van der Waals surface area contributed by atoms with Crippen molar-refractivity contribution in [2.24, 2.45) is 0 Å². The van der Waals surface area contributed by atoms with Gasteiger partial charge in [-0.3, -0.25) is 0 Å². The number of halogens is 1. The number of aryl methyl sites for hydroxylation is 2. The predicted molar refractivity (Wildman–Crippen MR) is 122 cm³/mol. The van der Waals surface area contributed by atoms with Crippen molar-refractivity contribution in [1.82, 2.24) is 18.5 Å². The molecule has 1 saturated heterocycles. The fraction of sp³-hybridized carbons (Fsp3) is 0.273. The molecule has 178 valence electrons. The van der Waals surface area contributed by atoms with E-state index in [1.165, 1.54) is 22.5 Å². The lowest BCUT2D eigenvalue weighted by atomic mass is 10.0. The first-order valence-corrected chi connectivity index (χ1v) is 13.4. The summed E-state index contributed by atoms with van der Waals surface area (Å²) in [7, 11) is -8.76. The van der Waals surface area contributed by atoms with Crippen LogP contribution in [0.15, 0.2) is 57.1 Å². The molecular weight excluding hydrogens is 483 g/mol. The number of rotatable bonds is 5. The third-order valence-electron chi connectivity index (χ3n) is 5.96. The van der Waals surface area contributed by atoms with E-state index < -0.39 is 36.4 Å². The fourth-order valence-corrected chi connectivity index (χ4v) is 7.84. The Morgan fingerprint density at radius 1 is 0.971 bits per heavy atom. The maximum atomic E-state index is 15.5. The normalized spacial score (nSPS) is 15.4. The lowest BCUT2D eigenvalue weighted by Crippen LogP contribution is -2.31. The van der Waals surface area contributed by atoms with Crippen molar-refractivity contribution in [3.8, 4) is 11.5 Å². The summed E-state index contributed by atoms with van der Waals surface area (Å²) in [4.78, 5) is -0.159. The lowest BCUT2D eigenvalue weighted by Gasteiger charge is -2.18. The molecule has 0 unspecified atom stereocenters. The third kappa shape index (κ3) is 3.44. The zero-order chi connectivity index (χ0) is 24.3. The van der Waals surface area contributed by atoms with Gasteiger partial charge in [-0.15, -0.1) is 10.2 Å². The number of nitrogens with zero attached hydrogens (tertiary/aromatic N) is 4. The smallest absolute Gasteiger partial charge is 0.269 e. The molecule has 0 amide bonds. The molecule has 34 heavy (non-hydrogen) atoms. The topological polar surface area (TPSA) is 115 Å². The molecular formula is C22H21FN4O5S2. The largest absolute Gasteiger partial charge is 0.423 e. The summed E-state index contributed by atoms with van der Waals surface area (Å²) < 4.78 is 77.4. The second-order valence-electron chi connectivity index (χ2n) is 8.23. The lowest BCUT2D eigenvalue weighted by molar-refractivity contribution is 0.472. The molecule has 1 fully saturated rings. The van der Waals surface area contributed by atoms with Gasteiger partial charge >= 0.3 is 0 Å². The van der Waals surface area contributed by atoms with Crippen LogP contribution in [0.1, 0.15) is 24.0 Å². The van der Waals surface area contributed by atoms with Gasteiger partial charge in [-0.2, -0.15) is 4.31 Å². The van der Waals surface area contributed by atoms with Crippen LogP contribution in [0.5, 0.6) is 0 Å². The molecule has 0 saturated carbocycles. The molecule has 9 nitrogen and oxygen atoms in total. The van der Waals surface area contributed by atoms with Gasteiger partial charge in [0.2, 0.25) is 12.3 Å². The highest BCUT2D eigenvalue weighted by Gasteiger charge is 2.37. The average Bonchev–Trinajstić information content (AvgIpc) is 3.55. The van der Waals surface area contributed by atoms with Crippen molar-refractivity contribution in [3.63, 3.8) is 0 Å². The standard InChI is InChI=1S/C22H21FN4O5S2/c1-14-5-7-16(8-6-14)33(28,29)27-19(34(30,31)26-9-3-4-10-26)12-17-20(22-25-24-13-32-22)15(2)11-18(23)21(17)27/h5-8,11-13H,3-4,9-10H2,1-2H3. The van der Waals surface area contributed by atoms with E-state index >= 15 is 4.39 Å². The second-order valence-corrected chi connectivity index (χ2v) is 11.9. The Hall–Kier alpha value is -3.09. The van der Waals surface area contributed by atoms with Crippen molar-refractivity contribution in [2.45, 2.75) is 36.6 Å². The molecule has 0 radical (unpaired) electrons. The molecule has 2 aromatic heterocycles. The van der Waals surface area contributed by atoms with Gasteiger partial charge in [0.25, 0.3) is 20.0 Å². The second kappa shape index (κ2) is 8.00. The molecule has 0 aliphatic carbocycles. The minimum absolute atomic E-state index is 0.0255. The molecule has 3 heterocycles. The van der Waals surface area contributed by atoms with E-state index in [-0.39, 0.29) is 34.8 Å². The zero-order valence-corrected chi connectivity index (χ0v) is 20.0. The number of hydrogen-bond donors (Lipinski definition) is 0. The van der Waals surface area contributed by atoms with E-state index in [2.05, 4.69) is 10.2 Å². The van der Waals surface area contributed by atoms with Crippen LogP contribution < -0.4 is 0 Å². The molecule has 4 aromatic rings. The van der Waals surface area contributed by atoms with Crippen molar-refractivity contribution < 1.29 is 25.6 Å². The first-order valence-electron chi connectivity index (χ1n) is 10.6. The van der Waals surface area contributed by atoms with Crippen LogP contribution >= 0.6 is 0 Å². The monoisotopic (exact) mass is 504 g/mol. The van der Waals surface area contributed by atoms with Gasteiger partial charge in [0.1, 0.15) is 11.3 Å². The van der Waals surface area contributed by atoms with Crippen molar-refractivity contribution in [3.05, 3.63) is 59.7 Å². The molecule has 1 aliphatic heterocycles. The van der Waals surface area contributed by atoms with E-state index in [1.54, 1.807) is 26.0 Å². The van der Waals surface area contributed by atoms with Crippen LogP contribution in [-0.4, -0.2) is 48.4 Å². The van der Waals surface area contributed by atoms with Gasteiger partial charge in [-0.25, -0.2) is 25.2 Å². The molecule has 1 aliphatic rings. The Labute approximate surface area is 195 Å². The van der Waals surface area contributed by atoms with Gasteiger partial charge in [-0.05, 0) is 56.5 Å². The molecule has 0 spiro atoms. The summed E-state index contributed by atoms with van der Waals surface area (Å²) in [6.07, 6.45) is 2.40. The first-order chi connectivity index (χ1) is 16.1. The number of aromatic nitrogens is 3. The molecule has 0 bridgehead atoms. The highest BCUT2D eigenvalue weighted by molar-refractivity contribution is 7.92. The van der Waals surface area contributed by atoms with Gasteiger partial charge in [0, 0.05) is 18.5 Å². The van der Waals surface area contributed by atoms with E-state index in [0.29, 0.717) is 22.4 Å². The zero-order valence-electron chi connectivity index (χ0n) is 18.4. The summed E-state index contributed by atoms with van der Waals surface area (Å²) in [5.41, 5.74) is 1.09. The third-order valence-corrected chi connectivity index (χ3v) is 9.68. The van der Waals surface area contributed by atoms with Crippen LogP contribution in [0.4, 0.5) is 4.39 Å². The number of benzene rings is 2. The first kappa shape index (κ1) is 22.7. The van der Waals surface area contributed by atoms with Gasteiger partial charge < -0.3 is 4.42 Å². The molecule has 5 rings (SSSR count). The van der Waals surface area contributed by atoms with Crippen LogP contribution in [0.25, 0.3) is 22.4 Å². The molecule has 0 N–H and O–H groups in total. The molecule has 0 atom stereocenters. The number of hydrogen-bond acceptors (Lipinski definition) is 7. The quantitative estimate of drug-likeness (QED) is 0.409. The van der Waals surface area contributed by atoms with E-state index in [9.17, 15) is 16.8 Å². The Morgan fingerprint density at radius 3 is 2.26 bits per heavy atom. The SMILES string of the molecule is Cc1ccc(S(=O)(=O)n2c(S(=O)(=O)N3CCCC3)cc3c(-c4nnco4)c(C)cc(F)c32)cc1. The van der Waals surface area contributed by atoms with Crippen molar-refractivity contribution >= 4 is 30.9 Å². The summed E-state index contributed by atoms with van der Waals surface area (Å²) in [6.45, 7) is 3.91. The Morgan fingerprint density at radius 2 is 1.65 bits per heavy atom. The Bertz CT molecular complexity index is 1600. The van der Waals surface area contributed by atoms with Gasteiger partial charge in [0.05, 0.1) is 10.5 Å². The van der Waals surface area contributed by atoms with Gasteiger partial charge in [0.15, 0.2) is 5.03 Å². The fourth-order valence-electron chi connectivity index (χ4n) is 4.29. The van der Waals surface area contributed by atoms with Gasteiger partial charge in [-0.1, -0.05) is 17.7 Å². The van der Waals surface area contributed by atoms with Crippen LogP contribution in [0.2, 0.25) is 0 Å².